The summed E-state index contributed by atoms with van der Waals surface area (Å²) >= 11 is 1.27. The Morgan fingerprint density at radius 2 is 1.58 bits per heavy atom. The number of carbonyl (C=O) groups is 2. The molecular formula is C25H21N5O2S. The molecule has 0 bridgehead atoms. The molecular weight excluding hydrogens is 434 g/mol. The number of hydrogen-bond donors (Lipinski definition) is 0. The summed E-state index contributed by atoms with van der Waals surface area (Å²) in [6.45, 7) is 1.52. The van der Waals surface area contributed by atoms with Crippen molar-refractivity contribution in [1.29, 1.82) is 0 Å². The zero-order valence-corrected chi connectivity index (χ0v) is 18.8. The van der Waals surface area contributed by atoms with E-state index < -0.39 is 0 Å². The van der Waals surface area contributed by atoms with Gasteiger partial charge in [0.05, 0.1) is 22.8 Å². The second-order valence-electron chi connectivity index (χ2n) is 7.76. The van der Waals surface area contributed by atoms with E-state index in [1.54, 1.807) is 22.9 Å². The second-order valence-corrected chi connectivity index (χ2v) is 8.70. The highest BCUT2D eigenvalue weighted by Gasteiger charge is 2.26. The molecule has 8 heteroatoms. The first-order valence-corrected chi connectivity index (χ1v) is 11.6. The summed E-state index contributed by atoms with van der Waals surface area (Å²) in [6.07, 6.45) is 1.77. The fourth-order valence-electron chi connectivity index (χ4n) is 4.03. The maximum Gasteiger partial charge on any atom is 0.242 e. The van der Waals surface area contributed by atoms with Gasteiger partial charge in [-0.1, -0.05) is 60.3 Å². The minimum Gasteiger partial charge on any atom is -0.295 e. The van der Waals surface area contributed by atoms with Crippen molar-refractivity contribution in [3.63, 3.8) is 0 Å². The summed E-state index contributed by atoms with van der Waals surface area (Å²) in [6, 6.07) is 23.2. The number of thioether (sulfide) groups is 1. The van der Waals surface area contributed by atoms with E-state index in [1.165, 1.54) is 18.7 Å². The van der Waals surface area contributed by atoms with Crippen LogP contribution in [0.3, 0.4) is 0 Å². The Kier molecular flexibility index (Phi) is 5.75. The Labute approximate surface area is 195 Å². The fraction of sp³-hybridized carbons (Fsp3) is 0.160. The minimum atomic E-state index is -0.0474. The van der Waals surface area contributed by atoms with Crippen LogP contribution >= 0.6 is 11.8 Å². The SMILES string of the molecule is CC(=O)c1cccc(-n2nnnc2SCC(=O)N2c3ccccc3CCc3ccccc32)c1. The van der Waals surface area contributed by atoms with Gasteiger partial charge in [0.15, 0.2) is 5.78 Å². The lowest BCUT2D eigenvalue weighted by molar-refractivity contribution is -0.115. The molecule has 1 amide bonds. The minimum absolute atomic E-state index is 0.0344. The lowest BCUT2D eigenvalue weighted by Gasteiger charge is -2.24. The highest BCUT2D eigenvalue weighted by molar-refractivity contribution is 7.99. The highest BCUT2D eigenvalue weighted by Crippen LogP contribution is 2.36. The second kappa shape index (κ2) is 8.99. The first-order chi connectivity index (χ1) is 16.1. The number of tetrazole rings is 1. The van der Waals surface area contributed by atoms with Crippen LogP contribution in [0, 0.1) is 0 Å². The topological polar surface area (TPSA) is 81.0 Å². The van der Waals surface area contributed by atoms with Gasteiger partial charge in [0.1, 0.15) is 0 Å². The number of para-hydroxylation sites is 2. The lowest BCUT2D eigenvalue weighted by atomic mass is 10.0. The van der Waals surface area contributed by atoms with Crippen LogP contribution in [0.4, 0.5) is 11.4 Å². The van der Waals surface area contributed by atoms with Crippen molar-refractivity contribution in [2.24, 2.45) is 0 Å². The maximum absolute atomic E-state index is 13.5. The van der Waals surface area contributed by atoms with Gasteiger partial charge in [-0.15, -0.1) is 5.10 Å². The van der Waals surface area contributed by atoms with Crippen LogP contribution in [-0.2, 0) is 17.6 Å². The molecule has 4 aromatic rings. The first kappa shape index (κ1) is 21.1. The molecule has 0 fully saturated rings. The third-order valence-corrected chi connectivity index (χ3v) is 6.55. The fourth-order valence-corrected chi connectivity index (χ4v) is 4.77. The zero-order valence-electron chi connectivity index (χ0n) is 18.0. The molecule has 1 aliphatic rings. The number of rotatable bonds is 5. The predicted octanol–water partition coefficient (Wildman–Crippen LogP) is 4.42. The van der Waals surface area contributed by atoms with Crippen molar-refractivity contribution >= 4 is 34.8 Å². The number of fused-ring (bicyclic) bond motifs is 2. The molecule has 164 valence electrons. The van der Waals surface area contributed by atoms with Crippen molar-refractivity contribution in [2.45, 2.75) is 24.9 Å². The van der Waals surface area contributed by atoms with Crippen LogP contribution in [-0.4, -0.2) is 37.7 Å². The van der Waals surface area contributed by atoms with Crippen molar-refractivity contribution in [3.8, 4) is 5.69 Å². The van der Waals surface area contributed by atoms with E-state index in [4.69, 9.17) is 0 Å². The number of anilines is 2. The van der Waals surface area contributed by atoms with Gasteiger partial charge in [-0.25, -0.2) is 0 Å². The quantitative estimate of drug-likeness (QED) is 0.327. The molecule has 1 aromatic heterocycles. The van der Waals surface area contributed by atoms with Crippen LogP contribution in [0.1, 0.15) is 28.4 Å². The summed E-state index contributed by atoms with van der Waals surface area (Å²) in [5.41, 5.74) is 5.39. The van der Waals surface area contributed by atoms with E-state index in [1.807, 2.05) is 47.4 Å². The summed E-state index contributed by atoms with van der Waals surface area (Å²) in [5.74, 6) is 0.0803. The Bertz CT molecular complexity index is 1300. The lowest BCUT2D eigenvalue weighted by Crippen LogP contribution is -2.28. The summed E-state index contributed by atoms with van der Waals surface area (Å²) in [7, 11) is 0. The molecule has 2 heterocycles. The maximum atomic E-state index is 13.5. The van der Waals surface area contributed by atoms with Gasteiger partial charge in [0.2, 0.25) is 11.1 Å². The average Bonchev–Trinajstić information content (AvgIpc) is 3.25. The standard InChI is InChI=1S/C25H21N5O2S/c1-17(31)20-9-6-10-21(15-20)30-25(26-27-28-30)33-16-24(32)29-22-11-4-2-7-18(22)13-14-19-8-3-5-12-23(19)29/h2-12,15H,13-14,16H2,1H3. The normalized spacial score (nSPS) is 12.6. The molecule has 7 nitrogen and oxygen atoms in total. The number of nitrogens with zero attached hydrogens (tertiary/aromatic N) is 5. The van der Waals surface area contributed by atoms with Crippen LogP contribution < -0.4 is 4.90 Å². The van der Waals surface area contributed by atoms with E-state index in [2.05, 4.69) is 27.7 Å². The highest BCUT2D eigenvalue weighted by atomic mass is 32.2. The third kappa shape index (κ3) is 4.17. The predicted molar refractivity (Wildman–Crippen MR) is 127 cm³/mol. The monoisotopic (exact) mass is 455 g/mol. The molecule has 0 radical (unpaired) electrons. The molecule has 0 atom stereocenters. The molecule has 0 unspecified atom stereocenters. The number of aryl methyl sites for hydroxylation is 2. The Balaban J connectivity index is 1.43. The number of hydrogen-bond acceptors (Lipinski definition) is 6. The largest absolute Gasteiger partial charge is 0.295 e. The van der Waals surface area contributed by atoms with Crippen LogP contribution in [0.15, 0.2) is 78.0 Å². The molecule has 0 aliphatic carbocycles. The molecule has 3 aromatic carbocycles. The molecule has 33 heavy (non-hydrogen) atoms. The molecule has 5 rings (SSSR count). The first-order valence-electron chi connectivity index (χ1n) is 10.6. The van der Waals surface area contributed by atoms with Crippen molar-refractivity contribution in [1.82, 2.24) is 20.2 Å². The summed E-state index contributed by atoms with van der Waals surface area (Å²) in [5, 5.41) is 12.4. The Morgan fingerprint density at radius 3 is 2.24 bits per heavy atom. The van der Waals surface area contributed by atoms with E-state index in [0.717, 1.165) is 35.3 Å². The molecule has 1 aliphatic heterocycles. The summed E-state index contributed by atoms with van der Waals surface area (Å²) < 4.78 is 1.55. The van der Waals surface area contributed by atoms with Crippen molar-refractivity contribution in [3.05, 3.63) is 89.5 Å². The van der Waals surface area contributed by atoms with Crippen LogP contribution in [0.2, 0.25) is 0 Å². The number of ketones is 1. The van der Waals surface area contributed by atoms with E-state index in [9.17, 15) is 9.59 Å². The summed E-state index contributed by atoms with van der Waals surface area (Å²) in [4.78, 5) is 27.1. The Hall–Kier alpha value is -3.78. The van der Waals surface area contributed by atoms with Gasteiger partial charge >= 0.3 is 0 Å². The van der Waals surface area contributed by atoms with Crippen LogP contribution in [0.25, 0.3) is 5.69 Å². The number of benzene rings is 3. The van der Waals surface area contributed by atoms with Gasteiger partial charge < -0.3 is 0 Å². The van der Waals surface area contributed by atoms with Crippen LogP contribution in [0.5, 0.6) is 0 Å². The number of Topliss-reactive ketones (excluding diaryl/α,β-unsaturated/α-hetero) is 1. The van der Waals surface area contributed by atoms with Gasteiger partial charge in [-0.3, -0.25) is 14.5 Å². The van der Waals surface area contributed by atoms with E-state index in [0.29, 0.717) is 16.4 Å². The third-order valence-electron chi connectivity index (χ3n) is 5.64. The molecule has 0 N–H and O–H groups in total. The molecule has 0 saturated heterocycles. The van der Waals surface area contributed by atoms with Gasteiger partial charge in [-0.05, 0) is 65.6 Å². The van der Waals surface area contributed by atoms with E-state index in [-0.39, 0.29) is 17.4 Å². The molecule has 0 saturated carbocycles. The number of amides is 1. The van der Waals surface area contributed by atoms with E-state index >= 15 is 0 Å². The van der Waals surface area contributed by atoms with Gasteiger partial charge in [0, 0.05) is 5.56 Å². The number of aromatic nitrogens is 4. The van der Waals surface area contributed by atoms with Crippen molar-refractivity contribution < 1.29 is 9.59 Å². The number of carbonyl (C=O) groups excluding carboxylic acids is 2. The van der Waals surface area contributed by atoms with Gasteiger partial charge in [-0.2, -0.15) is 4.68 Å². The smallest absolute Gasteiger partial charge is 0.242 e. The van der Waals surface area contributed by atoms with Crippen molar-refractivity contribution in [2.75, 3.05) is 10.7 Å². The average molecular weight is 456 g/mol. The zero-order chi connectivity index (χ0) is 22.8. The Morgan fingerprint density at radius 1 is 0.909 bits per heavy atom. The molecule has 0 spiro atoms. The van der Waals surface area contributed by atoms with Gasteiger partial charge in [0.25, 0.3) is 0 Å².